The van der Waals surface area contributed by atoms with Crippen LogP contribution >= 0.6 is 11.3 Å². The van der Waals surface area contributed by atoms with Crippen LogP contribution in [0.1, 0.15) is 34.0 Å². The van der Waals surface area contributed by atoms with E-state index in [1.807, 2.05) is 23.7 Å². The number of thiophene rings is 1. The first kappa shape index (κ1) is 14.2. The summed E-state index contributed by atoms with van der Waals surface area (Å²) in [7, 11) is 1.42. The lowest BCUT2D eigenvalue weighted by atomic mass is 9.86. The van der Waals surface area contributed by atoms with Gasteiger partial charge in [0.2, 0.25) is 0 Å². The van der Waals surface area contributed by atoms with Crippen molar-refractivity contribution in [2.24, 2.45) is 0 Å². The predicted molar refractivity (Wildman–Crippen MR) is 83.7 cm³/mol. The number of hydrogen-bond donors (Lipinski definition) is 1. The number of hydrogen-bond acceptors (Lipinski definition) is 5. The number of piperidine rings is 1. The molecule has 110 valence electrons. The molecule has 1 aliphatic rings. The molecule has 3 heterocycles. The van der Waals surface area contributed by atoms with E-state index in [1.54, 1.807) is 6.20 Å². The second-order valence-corrected chi connectivity index (χ2v) is 6.06. The zero-order valence-electron chi connectivity index (χ0n) is 12.0. The number of esters is 1. The Bertz CT molecular complexity index is 633. The zero-order chi connectivity index (χ0) is 14.7. The Morgan fingerprint density at radius 1 is 1.33 bits per heavy atom. The van der Waals surface area contributed by atoms with Gasteiger partial charge in [-0.15, -0.1) is 11.3 Å². The fourth-order valence-electron chi connectivity index (χ4n) is 2.88. The molecule has 1 aliphatic heterocycles. The summed E-state index contributed by atoms with van der Waals surface area (Å²) in [5.41, 5.74) is 3.31. The molecular formula is C16H18N2O2S. The Balaban J connectivity index is 2.03. The molecule has 0 aliphatic carbocycles. The van der Waals surface area contributed by atoms with E-state index in [2.05, 4.69) is 10.3 Å². The molecule has 0 bridgehead atoms. The quantitative estimate of drug-likeness (QED) is 0.885. The highest BCUT2D eigenvalue weighted by Gasteiger charge is 2.22. The highest BCUT2D eigenvalue weighted by atomic mass is 32.1. The van der Waals surface area contributed by atoms with E-state index in [1.165, 1.54) is 24.0 Å². The Kier molecular flexibility index (Phi) is 4.31. The monoisotopic (exact) mass is 302 g/mol. The number of ether oxygens (including phenoxy) is 1. The van der Waals surface area contributed by atoms with E-state index in [9.17, 15) is 4.79 Å². The third-order valence-electron chi connectivity index (χ3n) is 3.96. The van der Waals surface area contributed by atoms with Crippen LogP contribution in [0.4, 0.5) is 0 Å². The minimum absolute atomic E-state index is 0.270. The van der Waals surface area contributed by atoms with Gasteiger partial charge in [-0.2, -0.15) is 0 Å². The summed E-state index contributed by atoms with van der Waals surface area (Å²) in [6, 6.07) is 4.00. The van der Waals surface area contributed by atoms with E-state index in [-0.39, 0.29) is 5.97 Å². The lowest BCUT2D eigenvalue weighted by Crippen LogP contribution is -2.27. The van der Waals surface area contributed by atoms with Crippen molar-refractivity contribution in [3.8, 4) is 11.1 Å². The summed E-state index contributed by atoms with van der Waals surface area (Å²) in [4.78, 5) is 16.9. The molecule has 0 amide bonds. The molecule has 0 radical (unpaired) electrons. The van der Waals surface area contributed by atoms with Crippen molar-refractivity contribution in [1.82, 2.24) is 10.3 Å². The van der Waals surface area contributed by atoms with Gasteiger partial charge < -0.3 is 10.1 Å². The fraction of sp³-hybridized carbons (Fsp3) is 0.375. The first-order valence-corrected chi connectivity index (χ1v) is 8.00. The molecule has 0 saturated carbocycles. The van der Waals surface area contributed by atoms with Gasteiger partial charge in [-0.1, -0.05) is 0 Å². The third-order valence-corrected chi connectivity index (χ3v) is 4.85. The van der Waals surface area contributed by atoms with Gasteiger partial charge >= 0.3 is 5.97 Å². The molecule has 3 rings (SSSR count). The summed E-state index contributed by atoms with van der Waals surface area (Å²) in [6.45, 7) is 2.07. The summed E-state index contributed by atoms with van der Waals surface area (Å²) >= 11 is 1.43. The fourth-order valence-corrected chi connectivity index (χ4v) is 3.71. The molecule has 21 heavy (non-hydrogen) atoms. The van der Waals surface area contributed by atoms with Crippen molar-refractivity contribution in [1.29, 1.82) is 0 Å². The number of aromatic nitrogens is 1. The molecule has 4 nitrogen and oxygen atoms in total. The molecule has 0 spiro atoms. The Morgan fingerprint density at radius 3 is 2.90 bits per heavy atom. The minimum atomic E-state index is -0.270. The predicted octanol–water partition coefficient (Wildman–Crippen LogP) is 3.06. The van der Waals surface area contributed by atoms with Gasteiger partial charge in [-0.05, 0) is 60.5 Å². The van der Waals surface area contributed by atoms with Gasteiger partial charge in [-0.3, -0.25) is 4.98 Å². The van der Waals surface area contributed by atoms with Crippen molar-refractivity contribution < 1.29 is 9.53 Å². The van der Waals surface area contributed by atoms with E-state index in [4.69, 9.17) is 4.74 Å². The molecule has 0 aromatic carbocycles. The van der Waals surface area contributed by atoms with Crippen LogP contribution in [0.2, 0.25) is 0 Å². The number of rotatable bonds is 3. The van der Waals surface area contributed by atoms with Crippen LogP contribution in [-0.2, 0) is 4.74 Å². The van der Waals surface area contributed by atoms with Crippen molar-refractivity contribution in [3.05, 3.63) is 40.3 Å². The highest BCUT2D eigenvalue weighted by Crippen LogP contribution is 2.36. The van der Waals surface area contributed by atoms with Gasteiger partial charge in [-0.25, -0.2) is 4.79 Å². The molecule has 2 aromatic rings. The van der Waals surface area contributed by atoms with Crippen LogP contribution in [0.15, 0.2) is 29.9 Å². The SMILES string of the molecule is COC(=O)c1sccc1-c1ccncc1C1CCNCC1. The Hall–Kier alpha value is -1.72. The van der Waals surface area contributed by atoms with E-state index >= 15 is 0 Å². The number of carbonyl (C=O) groups excluding carboxylic acids is 1. The van der Waals surface area contributed by atoms with Crippen LogP contribution in [0.3, 0.4) is 0 Å². The van der Waals surface area contributed by atoms with Crippen molar-refractivity contribution in [2.75, 3.05) is 20.2 Å². The number of nitrogens with zero attached hydrogens (tertiary/aromatic N) is 1. The first-order valence-electron chi connectivity index (χ1n) is 7.12. The van der Waals surface area contributed by atoms with Gasteiger partial charge in [0.1, 0.15) is 4.88 Å². The van der Waals surface area contributed by atoms with Crippen LogP contribution in [0, 0.1) is 0 Å². The van der Waals surface area contributed by atoms with E-state index < -0.39 is 0 Å². The normalized spacial score (nSPS) is 15.9. The third kappa shape index (κ3) is 2.84. The average Bonchev–Trinajstić information content (AvgIpc) is 3.04. The maximum Gasteiger partial charge on any atom is 0.348 e. The van der Waals surface area contributed by atoms with Crippen molar-refractivity contribution in [2.45, 2.75) is 18.8 Å². The van der Waals surface area contributed by atoms with Gasteiger partial charge in [0.25, 0.3) is 0 Å². The maximum atomic E-state index is 11.9. The summed E-state index contributed by atoms with van der Waals surface area (Å²) < 4.78 is 4.89. The van der Waals surface area contributed by atoms with Crippen LogP contribution in [0.5, 0.6) is 0 Å². The Labute approximate surface area is 128 Å². The zero-order valence-corrected chi connectivity index (χ0v) is 12.8. The average molecular weight is 302 g/mol. The standard InChI is InChI=1S/C16H18N2O2S/c1-20-16(19)15-13(5-9-21-15)12-4-8-18-10-14(12)11-2-6-17-7-3-11/h4-5,8-11,17H,2-3,6-7H2,1H3. The molecule has 0 unspecified atom stereocenters. The first-order chi connectivity index (χ1) is 10.3. The summed E-state index contributed by atoms with van der Waals surface area (Å²) in [5.74, 6) is 0.230. The summed E-state index contributed by atoms with van der Waals surface area (Å²) in [6.07, 6.45) is 5.95. The van der Waals surface area contributed by atoms with Gasteiger partial charge in [0, 0.05) is 18.0 Å². The number of methoxy groups -OCH3 is 1. The molecule has 1 N–H and O–H groups in total. The van der Waals surface area contributed by atoms with Crippen LogP contribution in [-0.4, -0.2) is 31.2 Å². The lowest BCUT2D eigenvalue weighted by Gasteiger charge is -2.24. The number of pyridine rings is 1. The second kappa shape index (κ2) is 6.37. The Morgan fingerprint density at radius 2 is 2.14 bits per heavy atom. The second-order valence-electron chi connectivity index (χ2n) is 5.14. The van der Waals surface area contributed by atoms with Gasteiger partial charge in [0.15, 0.2) is 0 Å². The largest absolute Gasteiger partial charge is 0.465 e. The molecular weight excluding hydrogens is 284 g/mol. The van der Waals surface area contributed by atoms with Crippen molar-refractivity contribution >= 4 is 17.3 Å². The van der Waals surface area contributed by atoms with Crippen LogP contribution < -0.4 is 5.32 Å². The minimum Gasteiger partial charge on any atom is -0.465 e. The number of nitrogens with one attached hydrogen (secondary N) is 1. The van der Waals surface area contributed by atoms with E-state index in [0.29, 0.717) is 10.8 Å². The van der Waals surface area contributed by atoms with E-state index in [0.717, 1.165) is 37.1 Å². The molecule has 2 aromatic heterocycles. The number of carbonyl (C=O) groups is 1. The maximum absolute atomic E-state index is 11.9. The summed E-state index contributed by atoms with van der Waals surface area (Å²) in [5, 5.41) is 5.32. The highest BCUT2D eigenvalue weighted by molar-refractivity contribution is 7.12. The molecule has 1 saturated heterocycles. The molecule has 5 heteroatoms. The van der Waals surface area contributed by atoms with Crippen molar-refractivity contribution in [3.63, 3.8) is 0 Å². The topological polar surface area (TPSA) is 51.2 Å². The smallest absolute Gasteiger partial charge is 0.348 e. The van der Waals surface area contributed by atoms with Crippen LogP contribution in [0.25, 0.3) is 11.1 Å². The van der Waals surface area contributed by atoms with Gasteiger partial charge in [0.05, 0.1) is 7.11 Å². The molecule has 1 fully saturated rings. The molecule has 0 atom stereocenters. The lowest BCUT2D eigenvalue weighted by molar-refractivity contribution is 0.0607.